The molecule has 19 heavy (non-hydrogen) atoms. The molecule has 2 aromatic rings. The van der Waals surface area contributed by atoms with E-state index in [1.807, 2.05) is 0 Å². The predicted molar refractivity (Wildman–Crippen MR) is 72.3 cm³/mol. The smallest absolute Gasteiger partial charge is 0.270 e. The van der Waals surface area contributed by atoms with Gasteiger partial charge in [0.25, 0.3) is 5.91 Å². The molecule has 0 saturated carbocycles. The summed E-state index contributed by atoms with van der Waals surface area (Å²) in [6.07, 6.45) is 3.00. The lowest BCUT2D eigenvalue weighted by molar-refractivity contribution is -0.115. The zero-order valence-corrected chi connectivity index (χ0v) is 11.2. The van der Waals surface area contributed by atoms with Crippen molar-refractivity contribution in [1.29, 1.82) is 0 Å². The highest BCUT2D eigenvalue weighted by atomic mass is 35.5. The molecule has 0 aliphatic heterocycles. The molecule has 98 valence electrons. The van der Waals surface area contributed by atoms with Crippen LogP contribution in [0.4, 0.5) is 5.13 Å². The van der Waals surface area contributed by atoms with Crippen molar-refractivity contribution in [2.24, 2.45) is 0 Å². The molecule has 0 unspecified atom stereocenters. The summed E-state index contributed by atoms with van der Waals surface area (Å²) in [6, 6.07) is 2.99. The summed E-state index contributed by atoms with van der Waals surface area (Å²) in [4.78, 5) is 30.9. The summed E-state index contributed by atoms with van der Waals surface area (Å²) < 4.78 is 0. The number of amides is 2. The Hall–Kier alpha value is -1.99. The molecular weight excluding hydrogens is 288 g/mol. The molecule has 0 atom stereocenters. The van der Waals surface area contributed by atoms with E-state index in [-0.39, 0.29) is 18.1 Å². The van der Waals surface area contributed by atoms with Crippen LogP contribution in [0.1, 0.15) is 10.5 Å². The fraction of sp³-hybridized carbons (Fsp3) is 0.0909. The molecule has 0 radical (unpaired) electrons. The molecule has 2 aromatic heterocycles. The largest absolute Gasteiger partial charge is 0.342 e. The average molecular weight is 297 g/mol. The van der Waals surface area contributed by atoms with Gasteiger partial charge in [0.05, 0.1) is 6.54 Å². The normalized spacial score (nSPS) is 9.95. The average Bonchev–Trinajstić information content (AvgIpc) is 2.88. The van der Waals surface area contributed by atoms with Crippen LogP contribution in [-0.2, 0) is 4.79 Å². The Labute approximate surface area is 117 Å². The van der Waals surface area contributed by atoms with Crippen LogP contribution in [0.25, 0.3) is 0 Å². The van der Waals surface area contributed by atoms with Crippen molar-refractivity contribution in [3.05, 3.63) is 40.6 Å². The second-order valence-corrected chi connectivity index (χ2v) is 4.76. The van der Waals surface area contributed by atoms with Gasteiger partial charge in [-0.25, -0.2) is 4.98 Å². The highest BCUT2D eigenvalue weighted by Crippen LogP contribution is 2.10. The van der Waals surface area contributed by atoms with Gasteiger partial charge in [0.1, 0.15) is 5.69 Å². The number of aromatic nitrogens is 2. The number of rotatable bonds is 4. The van der Waals surface area contributed by atoms with Crippen LogP contribution in [0.5, 0.6) is 0 Å². The molecule has 6 nitrogen and oxygen atoms in total. The minimum Gasteiger partial charge on any atom is -0.342 e. The van der Waals surface area contributed by atoms with E-state index in [0.717, 1.165) is 0 Å². The van der Waals surface area contributed by atoms with Gasteiger partial charge in [-0.15, -0.1) is 11.3 Å². The molecule has 2 N–H and O–H groups in total. The Morgan fingerprint density at radius 1 is 1.32 bits per heavy atom. The molecule has 0 aromatic carbocycles. The van der Waals surface area contributed by atoms with Gasteiger partial charge in [-0.3, -0.25) is 14.6 Å². The first kappa shape index (κ1) is 13.4. The number of thiazole rings is 1. The molecule has 0 fully saturated rings. The number of hydrogen-bond donors (Lipinski definition) is 2. The number of nitrogens with one attached hydrogen (secondary N) is 2. The van der Waals surface area contributed by atoms with Crippen molar-refractivity contribution in [3.63, 3.8) is 0 Å². The lowest BCUT2D eigenvalue weighted by Crippen LogP contribution is -2.33. The minimum atomic E-state index is -0.461. The molecule has 2 heterocycles. The van der Waals surface area contributed by atoms with Gasteiger partial charge in [0.15, 0.2) is 5.13 Å². The number of nitrogens with zero attached hydrogens (tertiary/aromatic N) is 2. The summed E-state index contributed by atoms with van der Waals surface area (Å²) in [5.74, 6) is -0.817. The molecular formula is C11H9ClN4O2S. The van der Waals surface area contributed by atoms with Gasteiger partial charge in [-0.1, -0.05) is 11.6 Å². The van der Waals surface area contributed by atoms with Crippen LogP contribution in [0.3, 0.4) is 0 Å². The summed E-state index contributed by atoms with van der Waals surface area (Å²) in [5.41, 5.74) is 0.162. The number of halogens is 1. The second-order valence-electron chi connectivity index (χ2n) is 3.43. The van der Waals surface area contributed by atoms with Crippen molar-refractivity contribution < 1.29 is 9.59 Å². The van der Waals surface area contributed by atoms with Gasteiger partial charge in [0, 0.05) is 22.8 Å². The maximum Gasteiger partial charge on any atom is 0.270 e. The number of carbonyl (C=O) groups excluding carboxylic acids is 2. The zero-order chi connectivity index (χ0) is 13.7. The van der Waals surface area contributed by atoms with E-state index < -0.39 is 5.91 Å². The summed E-state index contributed by atoms with van der Waals surface area (Å²) in [5, 5.41) is 7.63. The fourth-order valence-electron chi connectivity index (χ4n) is 1.23. The Kier molecular flexibility index (Phi) is 4.43. The predicted octanol–water partition coefficient (Wildman–Crippen LogP) is 1.56. The summed E-state index contributed by atoms with van der Waals surface area (Å²) in [7, 11) is 0. The van der Waals surface area contributed by atoms with Crippen molar-refractivity contribution in [2.75, 3.05) is 11.9 Å². The first-order chi connectivity index (χ1) is 9.15. The van der Waals surface area contributed by atoms with E-state index in [0.29, 0.717) is 10.2 Å². The van der Waals surface area contributed by atoms with Crippen molar-refractivity contribution in [2.45, 2.75) is 0 Å². The van der Waals surface area contributed by atoms with Gasteiger partial charge < -0.3 is 10.6 Å². The Morgan fingerprint density at radius 3 is 2.84 bits per heavy atom. The van der Waals surface area contributed by atoms with Gasteiger partial charge in [-0.2, -0.15) is 0 Å². The Morgan fingerprint density at radius 2 is 2.16 bits per heavy atom. The van der Waals surface area contributed by atoms with Crippen LogP contribution < -0.4 is 10.6 Å². The monoisotopic (exact) mass is 296 g/mol. The Balaban J connectivity index is 1.85. The van der Waals surface area contributed by atoms with Crippen molar-refractivity contribution in [1.82, 2.24) is 15.3 Å². The number of carbonyl (C=O) groups is 2. The topological polar surface area (TPSA) is 84.0 Å². The third-order valence-electron chi connectivity index (χ3n) is 2.04. The molecule has 0 aliphatic carbocycles. The summed E-state index contributed by atoms with van der Waals surface area (Å²) in [6.45, 7) is -0.160. The minimum absolute atomic E-state index is 0.160. The van der Waals surface area contributed by atoms with E-state index >= 15 is 0 Å². The van der Waals surface area contributed by atoms with Crippen molar-refractivity contribution >= 4 is 39.9 Å². The van der Waals surface area contributed by atoms with Crippen LogP contribution in [-0.4, -0.2) is 28.3 Å². The maximum atomic E-state index is 11.7. The molecule has 2 amide bonds. The number of hydrogen-bond acceptors (Lipinski definition) is 5. The van der Waals surface area contributed by atoms with E-state index in [1.54, 1.807) is 17.6 Å². The van der Waals surface area contributed by atoms with Gasteiger partial charge >= 0.3 is 0 Å². The molecule has 8 heteroatoms. The van der Waals surface area contributed by atoms with Gasteiger partial charge in [0.2, 0.25) is 5.91 Å². The first-order valence-corrected chi connectivity index (χ1v) is 6.50. The maximum absolute atomic E-state index is 11.7. The molecule has 0 aliphatic rings. The van der Waals surface area contributed by atoms with E-state index in [4.69, 9.17) is 11.6 Å². The molecule has 0 spiro atoms. The van der Waals surface area contributed by atoms with Crippen LogP contribution in [0.2, 0.25) is 5.02 Å². The standard InChI is InChI=1S/C11H9ClN4O2S/c12-7-1-2-13-8(5-7)10(18)15-6-9(17)16-11-14-3-4-19-11/h1-5H,6H2,(H,15,18)(H,14,16,17). The number of anilines is 1. The van der Waals surface area contributed by atoms with Crippen LogP contribution >= 0.6 is 22.9 Å². The lowest BCUT2D eigenvalue weighted by atomic mass is 10.3. The molecule has 2 rings (SSSR count). The highest BCUT2D eigenvalue weighted by Gasteiger charge is 2.10. The lowest BCUT2D eigenvalue weighted by Gasteiger charge is -2.04. The van der Waals surface area contributed by atoms with E-state index in [1.165, 1.54) is 23.6 Å². The van der Waals surface area contributed by atoms with Crippen LogP contribution in [0.15, 0.2) is 29.9 Å². The summed E-state index contributed by atoms with van der Waals surface area (Å²) >= 11 is 7.04. The first-order valence-electron chi connectivity index (χ1n) is 5.24. The molecule has 0 bridgehead atoms. The van der Waals surface area contributed by atoms with E-state index in [2.05, 4.69) is 20.6 Å². The van der Waals surface area contributed by atoms with Gasteiger partial charge in [-0.05, 0) is 12.1 Å². The second kappa shape index (κ2) is 6.26. The highest BCUT2D eigenvalue weighted by molar-refractivity contribution is 7.13. The molecule has 0 saturated heterocycles. The SMILES string of the molecule is O=C(CNC(=O)c1cc(Cl)ccn1)Nc1nccs1. The third kappa shape index (κ3) is 4.01. The quantitative estimate of drug-likeness (QED) is 0.897. The zero-order valence-electron chi connectivity index (χ0n) is 9.59. The van der Waals surface area contributed by atoms with Crippen LogP contribution in [0, 0.1) is 0 Å². The fourth-order valence-corrected chi connectivity index (χ4v) is 1.93. The third-order valence-corrected chi connectivity index (χ3v) is 2.97. The Bertz CT molecular complexity index is 588. The van der Waals surface area contributed by atoms with Crippen molar-refractivity contribution in [3.8, 4) is 0 Å². The van der Waals surface area contributed by atoms with E-state index in [9.17, 15) is 9.59 Å². The number of pyridine rings is 1.